The highest BCUT2D eigenvalue weighted by molar-refractivity contribution is 5.92. The van der Waals surface area contributed by atoms with Crippen molar-refractivity contribution >= 4 is 5.91 Å². The molecule has 3 rings (SSSR count). The summed E-state index contributed by atoms with van der Waals surface area (Å²) in [4.78, 5) is 24.0. The second-order valence-corrected chi connectivity index (χ2v) is 5.06. The van der Waals surface area contributed by atoms with E-state index in [0.29, 0.717) is 29.0 Å². The zero-order chi connectivity index (χ0) is 14.8. The van der Waals surface area contributed by atoms with Gasteiger partial charge in [-0.2, -0.15) is 4.98 Å². The molecule has 0 saturated heterocycles. The van der Waals surface area contributed by atoms with Crippen LogP contribution in [0.25, 0.3) is 11.5 Å². The maximum Gasteiger partial charge on any atom is 0.269 e. The molecule has 1 aliphatic rings. The first-order valence-corrected chi connectivity index (χ1v) is 6.88. The highest BCUT2D eigenvalue weighted by Crippen LogP contribution is 2.33. The number of carbonyl (C=O) groups excluding carboxylic acids is 1. The molecular weight excluding hydrogens is 272 g/mol. The van der Waals surface area contributed by atoms with Crippen molar-refractivity contribution in [1.29, 1.82) is 0 Å². The van der Waals surface area contributed by atoms with Gasteiger partial charge in [0.1, 0.15) is 5.69 Å². The molecule has 21 heavy (non-hydrogen) atoms. The topological polar surface area (TPSA) is 134 Å². The van der Waals surface area contributed by atoms with Crippen LogP contribution in [0.2, 0.25) is 0 Å². The quantitative estimate of drug-likeness (QED) is 0.847. The Kier molecular flexibility index (Phi) is 3.61. The molecule has 2 aromatic rings. The van der Waals surface area contributed by atoms with Crippen molar-refractivity contribution in [3.8, 4) is 11.5 Å². The Hall–Kier alpha value is -2.35. The van der Waals surface area contributed by atoms with Crippen LogP contribution in [0.3, 0.4) is 0 Å². The second-order valence-electron chi connectivity index (χ2n) is 5.06. The molecule has 0 aromatic carbocycles. The molecule has 4 N–H and O–H groups in total. The summed E-state index contributed by atoms with van der Waals surface area (Å²) in [5.41, 5.74) is 11.5. The molecule has 0 atom stereocenters. The largest absolute Gasteiger partial charge is 0.364 e. The summed E-state index contributed by atoms with van der Waals surface area (Å²) < 4.78 is 5.29. The minimum atomic E-state index is -0.677. The molecule has 0 unspecified atom stereocenters. The highest BCUT2D eigenvalue weighted by atomic mass is 16.5. The van der Waals surface area contributed by atoms with Crippen molar-refractivity contribution in [3.05, 3.63) is 23.5 Å². The number of amides is 1. The van der Waals surface area contributed by atoms with Crippen molar-refractivity contribution in [2.24, 2.45) is 11.5 Å². The number of nitrogens with zero attached hydrogens (tertiary/aromatic N) is 4. The van der Waals surface area contributed by atoms with E-state index in [1.807, 2.05) is 0 Å². The molecule has 8 nitrogen and oxygen atoms in total. The van der Waals surface area contributed by atoms with E-state index in [9.17, 15) is 4.79 Å². The summed E-state index contributed by atoms with van der Waals surface area (Å²) in [5.74, 6) is 0.575. The Morgan fingerprint density at radius 1 is 1.33 bits per heavy atom. The number of hydrogen-bond acceptors (Lipinski definition) is 7. The van der Waals surface area contributed by atoms with Crippen molar-refractivity contribution in [2.75, 3.05) is 0 Å². The van der Waals surface area contributed by atoms with Gasteiger partial charge in [-0.05, 0) is 12.8 Å². The Morgan fingerprint density at radius 2 is 2.10 bits per heavy atom. The van der Waals surface area contributed by atoms with Crippen molar-refractivity contribution in [3.63, 3.8) is 0 Å². The molecule has 110 valence electrons. The molecular formula is C13H16N6O2. The number of nitrogens with two attached hydrogens (primary N) is 2. The molecule has 1 fully saturated rings. The minimum Gasteiger partial charge on any atom is -0.364 e. The molecule has 0 aliphatic heterocycles. The van der Waals surface area contributed by atoms with E-state index < -0.39 is 5.91 Å². The maximum absolute atomic E-state index is 11.4. The smallest absolute Gasteiger partial charge is 0.269 e. The van der Waals surface area contributed by atoms with E-state index in [4.69, 9.17) is 16.0 Å². The van der Waals surface area contributed by atoms with Gasteiger partial charge in [-0.1, -0.05) is 18.0 Å². The van der Waals surface area contributed by atoms with E-state index in [1.165, 1.54) is 19.0 Å². The normalized spacial score (nSPS) is 15.5. The zero-order valence-electron chi connectivity index (χ0n) is 11.5. The fourth-order valence-corrected chi connectivity index (χ4v) is 2.55. The number of hydrogen-bond donors (Lipinski definition) is 2. The van der Waals surface area contributed by atoms with Gasteiger partial charge in [0, 0.05) is 12.5 Å². The Morgan fingerprint density at radius 3 is 2.76 bits per heavy atom. The van der Waals surface area contributed by atoms with Crippen LogP contribution in [0.4, 0.5) is 0 Å². The number of rotatable bonds is 4. The standard InChI is InChI=1S/C13H16N6O2/c14-5-8-10(11(15)20)17-9(6-16-8)12-18-13(21-19-12)7-3-1-2-4-7/h6-7H,1-5,14H2,(H2,15,20). The van der Waals surface area contributed by atoms with Gasteiger partial charge in [0.05, 0.1) is 11.9 Å². The van der Waals surface area contributed by atoms with E-state index in [0.717, 1.165) is 12.8 Å². The van der Waals surface area contributed by atoms with Crippen molar-refractivity contribution in [1.82, 2.24) is 20.1 Å². The van der Waals surface area contributed by atoms with Crippen molar-refractivity contribution in [2.45, 2.75) is 38.1 Å². The van der Waals surface area contributed by atoms with Crippen LogP contribution >= 0.6 is 0 Å². The van der Waals surface area contributed by atoms with Crippen LogP contribution in [0.15, 0.2) is 10.7 Å². The Bertz CT molecular complexity index is 662. The molecule has 2 heterocycles. The molecule has 1 amide bonds. The fourth-order valence-electron chi connectivity index (χ4n) is 2.55. The lowest BCUT2D eigenvalue weighted by Crippen LogP contribution is -2.19. The van der Waals surface area contributed by atoms with Gasteiger partial charge in [0.25, 0.3) is 5.91 Å². The van der Waals surface area contributed by atoms with Gasteiger partial charge in [0.15, 0.2) is 5.69 Å². The summed E-state index contributed by atoms with van der Waals surface area (Å²) in [6.45, 7) is 0.0884. The van der Waals surface area contributed by atoms with Crippen LogP contribution in [0.1, 0.15) is 53.7 Å². The van der Waals surface area contributed by atoms with E-state index >= 15 is 0 Å². The van der Waals surface area contributed by atoms with E-state index in [2.05, 4.69) is 20.1 Å². The van der Waals surface area contributed by atoms with Crippen LogP contribution in [-0.2, 0) is 6.54 Å². The first kappa shape index (κ1) is 13.6. The summed E-state index contributed by atoms with van der Waals surface area (Å²) >= 11 is 0. The summed E-state index contributed by atoms with van der Waals surface area (Å²) in [5, 5.41) is 3.91. The van der Waals surface area contributed by atoms with Crippen molar-refractivity contribution < 1.29 is 9.32 Å². The third-order valence-corrected chi connectivity index (χ3v) is 3.65. The van der Waals surface area contributed by atoms with Crippen LogP contribution in [0, 0.1) is 0 Å². The number of primary amides is 1. The van der Waals surface area contributed by atoms with Crippen LogP contribution in [0.5, 0.6) is 0 Å². The fraction of sp³-hybridized carbons (Fsp3) is 0.462. The molecule has 2 aromatic heterocycles. The summed E-state index contributed by atoms with van der Waals surface area (Å²) in [6.07, 6.45) is 5.95. The molecule has 0 radical (unpaired) electrons. The second kappa shape index (κ2) is 5.57. The van der Waals surface area contributed by atoms with Gasteiger partial charge < -0.3 is 16.0 Å². The zero-order valence-corrected chi connectivity index (χ0v) is 11.5. The van der Waals surface area contributed by atoms with E-state index in [-0.39, 0.29) is 12.2 Å². The molecule has 8 heteroatoms. The molecule has 1 aliphatic carbocycles. The highest BCUT2D eigenvalue weighted by Gasteiger charge is 2.24. The van der Waals surface area contributed by atoms with Gasteiger partial charge in [0.2, 0.25) is 11.7 Å². The number of aromatic nitrogens is 4. The minimum absolute atomic E-state index is 0.0437. The summed E-state index contributed by atoms with van der Waals surface area (Å²) in [7, 11) is 0. The van der Waals surface area contributed by atoms with Crippen LogP contribution in [-0.4, -0.2) is 26.0 Å². The lowest BCUT2D eigenvalue weighted by Gasteiger charge is -2.03. The monoisotopic (exact) mass is 288 g/mol. The van der Waals surface area contributed by atoms with Gasteiger partial charge >= 0.3 is 0 Å². The molecule has 1 saturated carbocycles. The molecule has 0 bridgehead atoms. The van der Waals surface area contributed by atoms with Gasteiger partial charge in [-0.15, -0.1) is 0 Å². The number of carbonyl (C=O) groups is 1. The van der Waals surface area contributed by atoms with E-state index in [1.54, 1.807) is 0 Å². The third kappa shape index (κ3) is 2.62. The van der Waals surface area contributed by atoms with Crippen LogP contribution < -0.4 is 11.5 Å². The van der Waals surface area contributed by atoms with Gasteiger partial charge in [-0.3, -0.25) is 9.78 Å². The third-order valence-electron chi connectivity index (χ3n) is 3.65. The van der Waals surface area contributed by atoms with Gasteiger partial charge in [-0.25, -0.2) is 4.98 Å². The average molecular weight is 288 g/mol. The average Bonchev–Trinajstić information content (AvgIpc) is 3.17. The SMILES string of the molecule is NCc1ncc(-c2noc(C3CCCC3)n2)nc1C(N)=O. The first-order valence-electron chi connectivity index (χ1n) is 6.88. The predicted molar refractivity (Wildman–Crippen MR) is 72.9 cm³/mol. The summed E-state index contributed by atoms with van der Waals surface area (Å²) in [6, 6.07) is 0. The lowest BCUT2D eigenvalue weighted by molar-refractivity contribution is 0.0994. The maximum atomic E-state index is 11.4. The molecule has 0 spiro atoms. The Balaban J connectivity index is 1.93. The lowest BCUT2D eigenvalue weighted by atomic mass is 10.1. The Labute approximate surface area is 121 Å². The predicted octanol–water partition coefficient (Wildman–Crippen LogP) is 0.742. The first-order chi connectivity index (χ1) is 10.2.